The van der Waals surface area contributed by atoms with Crippen molar-refractivity contribution in [1.82, 2.24) is 9.97 Å². The van der Waals surface area contributed by atoms with E-state index in [1.165, 1.54) is 0 Å². The van der Waals surface area contributed by atoms with E-state index in [2.05, 4.69) is 9.97 Å². The third kappa shape index (κ3) is 1.83. The molecule has 0 aliphatic heterocycles. The predicted molar refractivity (Wildman–Crippen MR) is 59.9 cm³/mol. The summed E-state index contributed by atoms with van der Waals surface area (Å²) in [6, 6.07) is 5.62. The molecule has 2 N–H and O–H groups in total. The number of anilines is 1. The summed E-state index contributed by atoms with van der Waals surface area (Å²) in [6.45, 7) is 4.43. The van der Waals surface area contributed by atoms with E-state index in [4.69, 9.17) is 10.5 Å². The van der Waals surface area contributed by atoms with Crippen LogP contribution in [-0.4, -0.2) is 16.6 Å². The molecule has 0 saturated carbocycles. The topological polar surface area (TPSA) is 61.0 Å². The van der Waals surface area contributed by atoms with Gasteiger partial charge in [0.05, 0.1) is 23.3 Å². The zero-order valence-corrected chi connectivity index (χ0v) is 8.82. The standard InChI is InChI=1S/C11H13N3O/c1-3-15-8-4-5-9-10(6-8)14-11(12)7(2)13-9/h4-6H,3H2,1-2H3,(H2,12,14). The van der Waals surface area contributed by atoms with E-state index in [-0.39, 0.29) is 0 Å². The molecule has 15 heavy (non-hydrogen) atoms. The van der Waals surface area contributed by atoms with Gasteiger partial charge in [0.15, 0.2) is 0 Å². The lowest BCUT2D eigenvalue weighted by atomic mass is 10.2. The number of ether oxygens (including phenoxy) is 1. The Morgan fingerprint density at radius 1 is 1.27 bits per heavy atom. The summed E-state index contributed by atoms with van der Waals surface area (Å²) >= 11 is 0. The van der Waals surface area contributed by atoms with Crippen LogP contribution in [0, 0.1) is 6.92 Å². The van der Waals surface area contributed by atoms with Crippen molar-refractivity contribution in [2.75, 3.05) is 12.3 Å². The van der Waals surface area contributed by atoms with Crippen molar-refractivity contribution < 1.29 is 4.74 Å². The molecule has 0 aliphatic carbocycles. The molecule has 0 saturated heterocycles. The molecule has 4 nitrogen and oxygen atoms in total. The maximum Gasteiger partial charge on any atom is 0.145 e. The van der Waals surface area contributed by atoms with E-state index in [1.807, 2.05) is 32.0 Å². The van der Waals surface area contributed by atoms with Crippen molar-refractivity contribution >= 4 is 16.9 Å². The number of hydrogen-bond acceptors (Lipinski definition) is 4. The van der Waals surface area contributed by atoms with Crippen molar-refractivity contribution in [1.29, 1.82) is 0 Å². The maximum absolute atomic E-state index is 5.70. The molecule has 4 heteroatoms. The number of rotatable bonds is 2. The average molecular weight is 203 g/mol. The Hall–Kier alpha value is -1.84. The van der Waals surface area contributed by atoms with Gasteiger partial charge in [-0.1, -0.05) is 0 Å². The van der Waals surface area contributed by atoms with Gasteiger partial charge in [0.25, 0.3) is 0 Å². The Balaban J connectivity index is 2.56. The number of fused-ring (bicyclic) bond motifs is 1. The summed E-state index contributed by atoms with van der Waals surface area (Å²) in [5.41, 5.74) is 8.06. The lowest BCUT2D eigenvalue weighted by Crippen LogP contribution is -1.98. The first-order chi connectivity index (χ1) is 7.20. The van der Waals surface area contributed by atoms with E-state index in [1.54, 1.807) is 0 Å². The molecular formula is C11H13N3O. The molecule has 1 aromatic carbocycles. The number of nitrogens with zero attached hydrogens (tertiary/aromatic N) is 2. The summed E-state index contributed by atoms with van der Waals surface area (Å²) in [7, 11) is 0. The van der Waals surface area contributed by atoms with Gasteiger partial charge in [-0.05, 0) is 26.0 Å². The van der Waals surface area contributed by atoms with Crippen LogP contribution in [0.15, 0.2) is 18.2 Å². The molecule has 2 aromatic rings. The number of benzene rings is 1. The van der Waals surface area contributed by atoms with Gasteiger partial charge in [-0.3, -0.25) is 0 Å². The zero-order chi connectivity index (χ0) is 10.8. The van der Waals surface area contributed by atoms with Crippen molar-refractivity contribution in [2.24, 2.45) is 0 Å². The Morgan fingerprint density at radius 2 is 2.07 bits per heavy atom. The normalized spacial score (nSPS) is 10.5. The lowest BCUT2D eigenvalue weighted by molar-refractivity contribution is 0.340. The van der Waals surface area contributed by atoms with Crippen LogP contribution in [0.4, 0.5) is 5.82 Å². The zero-order valence-electron chi connectivity index (χ0n) is 8.82. The maximum atomic E-state index is 5.70. The number of nitrogens with two attached hydrogens (primary N) is 1. The Bertz CT molecular complexity index is 496. The van der Waals surface area contributed by atoms with E-state index < -0.39 is 0 Å². The summed E-state index contributed by atoms with van der Waals surface area (Å²) in [5, 5.41) is 0. The fourth-order valence-corrected chi connectivity index (χ4v) is 1.39. The molecule has 0 spiro atoms. The van der Waals surface area contributed by atoms with Gasteiger partial charge in [0.2, 0.25) is 0 Å². The Morgan fingerprint density at radius 3 is 2.80 bits per heavy atom. The highest BCUT2D eigenvalue weighted by atomic mass is 16.5. The van der Waals surface area contributed by atoms with Gasteiger partial charge in [-0.2, -0.15) is 0 Å². The first-order valence-corrected chi connectivity index (χ1v) is 4.87. The third-order valence-corrected chi connectivity index (χ3v) is 2.16. The molecule has 0 radical (unpaired) electrons. The smallest absolute Gasteiger partial charge is 0.145 e. The van der Waals surface area contributed by atoms with Crippen molar-refractivity contribution in [3.8, 4) is 5.75 Å². The number of aromatic nitrogens is 2. The number of hydrogen-bond donors (Lipinski definition) is 1. The highest BCUT2D eigenvalue weighted by molar-refractivity contribution is 5.77. The van der Waals surface area contributed by atoms with Gasteiger partial charge in [-0.25, -0.2) is 9.97 Å². The fourth-order valence-electron chi connectivity index (χ4n) is 1.39. The molecule has 0 unspecified atom stereocenters. The molecule has 78 valence electrons. The molecule has 0 atom stereocenters. The molecule has 0 aliphatic rings. The van der Waals surface area contributed by atoms with E-state index in [9.17, 15) is 0 Å². The highest BCUT2D eigenvalue weighted by Gasteiger charge is 2.03. The summed E-state index contributed by atoms with van der Waals surface area (Å²) in [6.07, 6.45) is 0. The van der Waals surface area contributed by atoms with Crippen LogP contribution in [-0.2, 0) is 0 Å². The summed E-state index contributed by atoms with van der Waals surface area (Å²) in [4.78, 5) is 8.59. The van der Waals surface area contributed by atoms with Crippen molar-refractivity contribution in [2.45, 2.75) is 13.8 Å². The quantitative estimate of drug-likeness (QED) is 0.810. The second-order valence-electron chi connectivity index (χ2n) is 3.28. The molecule has 0 fully saturated rings. The monoisotopic (exact) mass is 203 g/mol. The summed E-state index contributed by atoms with van der Waals surface area (Å²) < 4.78 is 5.38. The van der Waals surface area contributed by atoms with Crippen LogP contribution in [0.3, 0.4) is 0 Å². The number of aryl methyl sites for hydroxylation is 1. The largest absolute Gasteiger partial charge is 0.494 e. The van der Waals surface area contributed by atoms with Crippen molar-refractivity contribution in [3.63, 3.8) is 0 Å². The average Bonchev–Trinajstić information content (AvgIpc) is 2.21. The Kier molecular flexibility index (Phi) is 2.41. The minimum atomic E-state index is 0.469. The van der Waals surface area contributed by atoms with Gasteiger partial charge >= 0.3 is 0 Å². The third-order valence-electron chi connectivity index (χ3n) is 2.16. The summed E-state index contributed by atoms with van der Waals surface area (Å²) in [5.74, 6) is 1.26. The van der Waals surface area contributed by atoms with Crippen LogP contribution in [0.2, 0.25) is 0 Å². The number of nitrogen functional groups attached to an aromatic ring is 1. The van der Waals surface area contributed by atoms with Crippen LogP contribution in [0.1, 0.15) is 12.6 Å². The first kappa shape index (κ1) is 9.71. The SMILES string of the molecule is CCOc1ccc2nc(C)c(N)nc2c1. The highest BCUT2D eigenvalue weighted by Crippen LogP contribution is 2.19. The minimum Gasteiger partial charge on any atom is -0.494 e. The van der Waals surface area contributed by atoms with E-state index in [0.717, 1.165) is 22.5 Å². The van der Waals surface area contributed by atoms with Crippen LogP contribution in [0.25, 0.3) is 11.0 Å². The lowest BCUT2D eigenvalue weighted by Gasteiger charge is -2.05. The molecule has 0 bridgehead atoms. The fraction of sp³-hybridized carbons (Fsp3) is 0.273. The van der Waals surface area contributed by atoms with E-state index in [0.29, 0.717) is 12.4 Å². The first-order valence-electron chi connectivity index (χ1n) is 4.87. The van der Waals surface area contributed by atoms with Gasteiger partial charge < -0.3 is 10.5 Å². The van der Waals surface area contributed by atoms with E-state index >= 15 is 0 Å². The minimum absolute atomic E-state index is 0.469. The van der Waals surface area contributed by atoms with Crippen LogP contribution in [0.5, 0.6) is 5.75 Å². The van der Waals surface area contributed by atoms with Crippen LogP contribution < -0.4 is 10.5 Å². The van der Waals surface area contributed by atoms with Gasteiger partial charge in [0, 0.05) is 6.07 Å². The van der Waals surface area contributed by atoms with Gasteiger partial charge in [-0.15, -0.1) is 0 Å². The second kappa shape index (κ2) is 3.73. The molecule has 2 rings (SSSR count). The van der Waals surface area contributed by atoms with Crippen LogP contribution >= 0.6 is 0 Å². The second-order valence-corrected chi connectivity index (χ2v) is 3.28. The van der Waals surface area contributed by atoms with Crippen molar-refractivity contribution in [3.05, 3.63) is 23.9 Å². The molecular weight excluding hydrogens is 190 g/mol. The molecule has 1 aromatic heterocycles. The van der Waals surface area contributed by atoms with Gasteiger partial charge in [0.1, 0.15) is 11.6 Å². The molecule has 1 heterocycles. The molecule has 0 amide bonds. The Labute approximate surface area is 88.1 Å². The predicted octanol–water partition coefficient (Wildman–Crippen LogP) is 1.92.